The summed E-state index contributed by atoms with van der Waals surface area (Å²) in [6.45, 7) is 4.96. The molecule has 0 spiro atoms. The Balaban J connectivity index is 2.77. The van der Waals surface area contributed by atoms with Gasteiger partial charge in [0.05, 0.1) is 0 Å². The Kier molecular flexibility index (Phi) is 9.02. The van der Waals surface area contributed by atoms with Gasteiger partial charge in [0.25, 0.3) is 0 Å². The number of carbonyl (C=O) groups is 5. The van der Waals surface area contributed by atoms with Gasteiger partial charge in [0.15, 0.2) is 0 Å². The van der Waals surface area contributed by atoms with Crippen LogP contribution in [-0.2, 0) is 24.0 Å². The third-order valence-corrected chi connectivity index (χ3v) is 4.74. The number of carbonyl (C=O) groups excluding carboxylic acids is 3. The summed E-state index contributed by atoms with van der Waals surface area (Å²) in [6.07, 6.45) is 0.315. The van der Waals surface area contributed by atoms with Gasteiger partial charge in [-0.15, -0.1) is 0 Å². The molecule has 0 saturated carbocycles. The molecule has 11 heteroatoms. The molecule has 1 rings (SSSR count). The van der Waals surface area contributed by atoms with Crippen LogP contribution in [0.25, 0.3) is 0 Å². The summed E-state index contributed by atoms with van der Waals surface area (Å²) >= 11 is 0. The van der Waals surface area contributed by atoms with E-state index in [9.17, 15) is 29.1 Å². The van der Waals surface area contributed by atoms with Crippen molar-refractivity contribution in [1.82, 2.24) is 20.9 Å². The molecule has 29 heavy (non-hydrogen) atoms. The number of aliphatic carboxylic acids is 2. The molecule has 2 unspecified atom stereocenters. The van der Waals surface area contributed by atoms with Crippen molar-refractivity contribution in [2.75, 3.05) is 13.6 Å². The molecule has 1 aliphatic rings. The van der Waals surface area contributed by atoms with Gasteiger partial charge < -0.3 is 31.1 Å². The van der Waals surface area contributed by atoms with Gasteiger partial charge in [-0.25, -0.2) is 4.79 Å². The average molecular weight is 414 g/mol. The van der Waals surface area contributed by atoms with Gasteiger partial charge >= 0.3 is 11.9 Å². The maximum absolute atomic E-state index is 12.6. The van der Waals surface area contributed by atoms with Crippen molar-refractivity contribution in [3.05, 3.63) is 0 Å². The lowest BCUT2D eigenvalue weighted by molar-refractivity contribution is -0.145. The number of rotatable bonds is 8. The molecule has 0 aromatic carbocycles. The Morgan fingerprint density at radius 2 is 1.79 bits per heavy atom. The van der Waals surface area contributed by atoms with Gasteiger partial charge in [-0.05, 0) is 25.7 Å². The van der Waals surface area contributed by atoms with Gasteiger partial charge in [-0.1, -0.05) is 13.8 Å². The second kappa shape index (κ2) is 10.7. The van der Waals surface area contributed by atoms with Gasteiger partial charge in [-0.2, -0.15) is 0 Å². The van der Waals surface area contributed by atoms with Crippen LogP contribution in [-0.4, -0.2) is 82.5 Å². The molecule has 0 bridgehead atoms. The van der Waals surface area contributed by atoms with Crippen LogP contribution in [0.1, 0.15) is 40.0 Å². The summed E-state index contributed by atoms with van der Waals surface area (Å²) in [7, 11) is 1.43. The first-order valence-electron chi connectivity index (χ1n) is 9.49. The third kappa shape index (κ3) is 7.33. The fourth-order valence-electron chi connectivity index (χ4n) is 2.95. The Hall–Kier alpha value is -2.69. The predicted octanol–water partition coefficient (Wildman–Crippen LogP) is -1.23. The van der Waals surface area contributed by atoms with Crippen molar-refractivity contribution < 1.29 is 34.2 Å². The first-order valence-corrected chi connectivity index (χ1v) is 9.49. The molecular formula is C18H30N4O7. The lowest BCUT2D eigenvalue weighted by Gasteiger charge is -2.32. The molecular weight excluding hydrogens is 384 g/mol. The number of carboxylic acid groups (broad SMARTS) is 2. The highest BCUT2D eigenvalue weighted by molar-refractivity contribution is 5.93. The molecule has 1 saturated heterocycles. The Morgan fingerprint density at radius 1 is 1.17 bits per heavy atom. The maximum Gasteiger partial charge on any atom is 0.326 e. The number of carboxylic acids is 2. The summed E-state index contributed by atoms with van der Waals surface area (Å²) in [5.74, 6) is -3.92. The van der Waals surface area contributed by atoms with E-state index in [2.05, 4.69) is 16.0 Å². The minimum atomic E-state index is -1.17. The monoisotopic (exact) mass is 414 g/mol. The highest BCUT2D eigenvalue weighted by Crippen LogP contribution is 2.10. The van der Waals surface area contributed by atoms with Crippen LogP contribution in [0.3, 0.4) is 0 Å². The van der Waals surface area contributed by atoms with E-state index in [4.69, 9.17) is 5.11 Å². The van der Waals surface area contributed by atoms with E-state index in [1.807, 2.05) is 13.8 Å². The SMILES string of the molecule is CC(C)C[C@H](NC(=O)[C@H](C)NC(=O)C1CNC(C(=O)O)CCC(=O)N1C)C(=O)O. The zero-order valence-corrected chi connectivity index (χ0v) is 17.1. The molecule has 0 aromatic heterocycles. The van der Waals surface area contributed by atoms with Crippen LogP contribution in [0.4, 0.5) is 0 Å². The number of likely N-dealkylation sites (N-methyl/N-ethyl adjacent to an activating group) is 1. The number of nitrogens with one attached hydrogen (secondary N) is 3. The number of hydrogen-bond donors (Lipinski definition) is 5. The Bertz CT molecular complexity index is 652. The maximum atomic E-state index is 12.6. The minimum absolute atomic E-state index is 0.0320. The summed E-state index contributed by atoms with van der Waals surface area (Å²) in [5.41, 5.74) is 0. The van der Waals surface area contributed by atoms with E-state index in [0.29, 0.717) is 0 Å². The molecule has 0 aliphatic carbocycles. The van der Waals surface area contributed by atoms with Crippen LogP contribution in [0.2, 0.25) is 0 Å². The molecule has 1 aliphatic heterocycles. The number of amides is 3. The molecule has 1 fully saturated rings. The number of hydrogen-bond acceptors (Lipinski definition) is 6. The van der Waals surface area contributed by atoms with Gasteiger partial charge in [0.2, 0.25) is 17.7 Å². The smallest absolute Gasteiger partial charge is 0.326 e. The summed E-state index contributed by atoms with van der Waals surface area (Å²) in [6, 6.07) is -4.08. The molecule has 5 N–H and O–H groups in total. The standard InChI is InChI=1S/C18H30N4O7/c1-9(2)7-12(18(28)29)21-15(24)10(3)20-16(25)13-8-19-11(17(26)27)5-6-14(23)22(13)4/h9-13,19H,5-8H2,1-4H3,(H,20,25)(H,21,24)(H,26,27)(H,28,29)/t10-,11?,12-,13?/m0/s1. The Labute approximate surface area is 169 Å². The van der Waals surface area contributed by atoms with Gasteiger partial charge in [0.1, 0.15) is 24.2 Å². The summed E-state index contributed by atoms with van der Waals surface area (Å²) < 4.78 is 0. The van der Waals surface area contributed by atoms with E-state index in [0.717, 1.165) is 0 Å². The van der Waals surface area contributed by atoms with E-state index in [-0.39, 0.29) is 37.6 Å². The van der Waals surface area contributed by atoms with Gasteiger partial charge in [-0.3, -0.25) is 19.2 Å². The zero-order chi connectivity index (χ0) is 22.3. The fourth-order valence-corrected chi connectivity index (χ4v) is 2.95. The summed E-state index contributed by atoms with van der Waals surface area (Å²) in [4.78, 5) is 60.8. The number of nitrogens with zero attached hydrogens (tertiary/aromatic N) is 1. The predicted molar refractivity (Wildman–Crippen MR) is 102 cm³/mol. The van der Waals surface area contributed by atoms with Crippen molar-refractivity contribution in [2.24, 2.45) is 5.92 Å². The van der Waals surface area contributed by atoms with Crippen LogP contribution in [0.5, 0.6) is 0 Å². The van der Waals surface area contributed by atoms with Crippen molar-refractivity contribution in [3.63, 3.8) is 0 Å². The van der Waals surface area contributed by atoms with E-state index in [1.54, 1.807) is 0 Å². The first-order chi connectivity index (χ1) is 13.4. The fraction of sp³-hybridized carbons (Fsp3) is 0.722. The largest absolute Gasteiger partial charge is 0.480 e. The molecule has 164 valence electrons. The summed E-state index contributed by atoms with van der Waals surface area (Å²) in [5, 5.41) is 26.0. The van der Waals surface area contributed by atoms with Crippen molar-refractivity contribution >= 4 is 29.7 Å². The second-order valence-electron chi connectivity index (χ2n) is 7.62. The van der Waals surface area contributed by atoms with Crippen molar-refractivity contribution in [2.45, 2.75) is 64.2 Å². The normalized spacial score (nSPS) is 22.2. The topological polar surface area (TPSA) is 165 Å². The van der Waals surface area contributed by atoms with Crippen molar-refractivity contribution in [3.8, 4) is 0 Å². The van der Waals surface area contributed by atoms with Gasteiger partial charge in [0, 0.05) is 20.0 Å². The highest BCUT2D eigenvalue weighted by Gasteiger charge is 2.33. The quantitative estimate of drug-likeness (QED) is 0.329. The molecule has 0 aromatic rings. The van der Waals surface area contributed by atoms with Crippen LogP contribution >= 0.6 is 0 Å². The highest BCUT2D eigenvalue weighted by atomic mass is 16.4. The van der Waals surface area contributed by atoms with E-state index >= 15 is 0 Å². The van der Waals surface area contributed by atoms with Crippen LogP contribution in [0, 0.1) is 5.92 Å². The van der Waals surface area contributed by atoms with Crippen LogP contribution in [0.15, 0.2) is 0 Å². The average Bonchev–Trinajstić information content (AvgIpc) is 2.60. The molecule has 4 atom stereocenters. The second-order valence-corrected chi connectivity index (χ2v) is 7.62. The van der Waals surface area contributed by atoms with Crippen LogP contribution < -0.4 is 16.0 Å². The van der Waals surface area contributed by atoms with E-state index < -0.39 is 47.9 Å². The molecule has 3 amide bonds. The lowest BCUT2D eigenvalue weighted by Crippen LogP contribution is -2.59. The molecule has 1 heterocycles. The minimum Gasteiger partial charge on any atom is -0.480 e. The lowest BCUT2D eigenvalue weighted by atomic mass is 10.0. The zero-order valence-electron chi connectivity index (χ0n) is 17.1. The first kappa shape index (κ1) is 24.3. The molecule has 11 nitrogen and oxygen atoms in total. The molecule has 0 radical (unpaired) electrons. The third-order valence-electron chi connectivity index (χ3n) is 4.74. The van der Waals surface area contributed by atoms with E-state index in [1.165, 1.54) is 18.9 Å². The van der Waals surface area contributed by atoms with Crippen molar-refractivity contribution in [1.29, 1.82) is 0 Å². The Morgan fingerprint density at radius 3 is 2.31 bits per heavy atom.